The van der Waals surface area contributed by atoms with Crippen LogP contribution < -0.4 is 5.32 Å². The molecule has 3 heteroatoms. The Balaban J connectivity index is 2.23. The molecule has 1 heterocycles. The number of benzene rings is 1. The summed E-state index contributed by atoms with van der Waals surface area (Å²) in [5.41, 5.74) is 1.25. The summed E-state index contributed by atoms with van der Waals surface area (Å²) >= 11 is 2.29. The van der Waals surface area contributed by atoms with Gasteiger partial charge in [-0.15, -0.1) is 0 Å². The van der Waals surface area contributed by atoms with Crippen LogP contribution in [0, 0.1) is 9.49 Å². The molecule has 88 valence electrons. The van der Waals surface area contributed by atoms with Crippen LogP contribution in [0.2, 0.25) is 0 Å². The first-order chi connectivity index (χ1) is 7.52. The predicted molar refractivity (Wildman–Crippen MR) is 73.2 cm³/mol. The van der Waals surface area contributed by atoms with Gasteiger partial charge in [0, 0.05) is 21.1 Å². The van der Waals surface area contributed by atoms with Gasteiger partial charge in [0.1, 0.15) is 0 Å². The van der Waals surface area contributed by atoms with Crippen LogP contribution in [-0.4, -0.2) is 12.2 Å². The second kappa shape index (κ2) is 4.61. The van der Waals surface area contributed by atoms with Crippen molar-refractivity contribution in [1.82, 2.24) is 5.32 Å². The summed E-state index contributed by atoms with van der Waals surface area (Å²) in [7, 11) is 0. The summed E-state index contributed by atoms with van der Waals surface area (Å²) in [6.07, 6.45) is 0.903. The smallest absolute Gasteiger partial charge is 0.0941 e. The fourth-order valence-electron chi connectivity index (χ4n) is 2.54. The Morgan fingerprint density at radius 2 is 2.00 bits per heavy atom. The van der Waals surface area contributed by atoms with Gasteiger partial charge in [-0.3, -0.25) is 4.39 Å². The van der Waals surface area contributed by atoms with E-state index in [1.165, 1.54) is 9.13 Å². The number of hydrogen-bond acceptors (Lipinski definition) is 1. The van der Waals surface area contributed by atoms with Crippen molar-refractivity contribution in [3.05, 3.63) is 33.4 Å². The fourth-order valence-corrected chi connectivity index (χ4v) is 2.90. The quantitative estimate of drug-likeness (QED) is 0.814. The molecule has 0 radical (unpaired) electrons. The average Bonchev–Trinajstić information content (AvgIpc) is 2.55. The van der Waals surface area contributed by atoms with E-state index in [1.807, 2.05) is 0 Å². The van der Waals surface area contributed by atoms with Crippen LogP contribution in [0.1, 0.15) is 31.9 Å². The summed E-state index contributed by atoms with van der Waals surface area (Å²) in [5, 5.41) is 3.52. The van der Waals surface area contributed by atoms with Gasteiger partial charge in [0.2, 0.25) is 0 Å². The average molecular weight is 333 g/mol. The van der Waals surface area contributed by atoms with Crippen molar-refractivity contribution in [3.63, 3.8) is 0 Å². The van der Waals surface area contributed by atoms with Gasteiger partial charge in [-0.05, 0) is 60.6 Å². The van der Waals surface area contributed by atoms with Crippen LogP contribution in [-0.2, 0) is 0 Å². The minimum absolute atomic E-state index is 0.0461. The SMILES string of the molecule is CC1(C)C[C@H](CF)[C@H](c2ccc(I)cc2)N1. The highest BCUT2D eigenvalue weighted by molar-refractivity contribution is 14.1. The second-order valence-electron chi connectivity index (χ2n) is 5.18. The molecule has 1 N–H and O–H groups in total. The lowest BCUT2D eigenvalue weighted by Crippen LogP contribution is -2.33. The molecule has 1 fully saturated rings. The standard InChI is InChI=1S/C13H17FIN/c1-13(2)7-10(8-14)12(16-13)9-3-5-11(15)6-4-9/h3-6,10,12,16H,7-8H2,1-2H3/t10-,12+/m1/s1. The van der Waals surface area contributed by atoms with Crippen molar-refractivity contribution < 1.29 is 4.39 Å². The van der Waals surface area contributed by atoms with Crippen LogP contribution in [0.4, 0.5) is 4.39 Å². The van der Waals surface area contributed by atoms with Gasteiger partial charge in [0.05, 0.1) is 6.67 Å². The highest BCUT2D eigenvalue weighted by Gasteiger charge is 2.39. The Morgan fingerprint density at radius 1 is 1.38 bits per heavy atom. The maximum Gasteiger partial charge on any atom is 0.0941 e. The van der Waals surface area contributed by atoms with Gasteiger partial charge >= 0.3 is 0 Å². The Morgan fingerprint density at radius 3 is 2.56 bits per heavy atom. The van der Waals surface area contributed by atoms with Crippen LogP contribution in [0.25, 0.3) is 0 Å². The lowest BCUT2D eigenvalue weighted by atomic mass is 9.92. The Hall–Kier alpha value is -0.160. The van der Waals surface area contributed by atoms with E-state index in [0.29, 0.717) is 0 Å². The molecule has 0 aromatic heterocycles. The maximum atomic E-state index is 13.0. The van der Waals surface area contributed by atoms with Crippen LogP contribution in [0.5, 0.6) is 0 Å². The van der Waals surface area contributed by atoms with E-state index in [1.54, 1.807) is 0 Å². The predicted octanol–water partition coefficient (Wildman–Crippen LogP) is 3.69. The molecule has 0 unspecified atom stereocenters. The topological polar surface area (TPSA) is 12.0 Å². The first kappa shape index (κ1) is 12.3. The molecule has 0 amide bonds. The molecule has 0 spiro atoms. The van der Waals surface area contributed by atoms with E-state index >= 15 is 0 Å². The molecule has 0 aliphatic carbocycles. The maximum absolute atomic E-state index is 13.0. The third-order valence-corrected chi connectivity index (χ3v) is 3.94. The van der Waals surface area contributed by atoms with Crippen molar-refractivity contribution in [2.45, 2.75) is 31.8 Å². The van der Waals surface area contributed by atoms with Crippen LogP contribution in [0.3, 0.4) is 0 Å². The summed E-state index contributed by atoms with van der Waals surface area (Å²) in [5.74, 6) is 0.107. The normalized spacial score (nSPS) is 28.2. The van der Waals surface area contributed by atoms with Gasteiger partial charge in [0.15, 0.2) is 0 Å². The van der Waals surface area contributed by atoms with Gasteiger partial charge < -0.3 is 5.32 Å². The van der Waals surface area contributed by atoms with E-state index in [2.05, 4.69) is 66.0 Å². The van der Waals surface area contributed by atoms with Crippen molar-refractivity contribution >= 4 is 22.6 Å². The van der Waals surface area contributed by atoms with Crippen molar-refractivity contribution in [2.75, 3.05) is 6.67 Å². The van der Waals surface area contributed by atoms with E-state index in [4.69, 9.17) is 0 Å². The summed E-state index contributed by atoms with van der Waals surface area (Å²) < 4.78 is 14.2. The van der Waals surface area contributed by atoms with Crippen molar-refractivity contribution in [3.8, 4) is 0 Å². The first-order valence-electron chi connectivity index (χ1n) is 5.61. The van der Waals surface area contributed by atoms with Gasteiger partial charge in [-0.1, -0.05) is 12.1 Å². The van der Waals surface area contributed by atoms with E-state index in [-0.39, 0.29) is 24.2 Å². The molecule has 2 atom stereocenters. The fraction of sp³-hybridized carbons (Fsp3) is 0.538. The Kier molecular flexibility index (Phi) is 3.54. The number of alkyl halides is 1. The van der Waals surface area contributed by atoms with Crippen molar-refractivity contribution in [2.24, 2.45) is 5.92 Å². The monoisotopic (exact) mass is 333 g/mol. The van der Waals surface area contributed by atoms with Gasteiger partial charge in [-0.2, -0.15) is 0 Å². The molecule has 2 rings (SSSR count). The summed E-state index contributed by atoms with van der Waals surface area (Å²) in [6.45, 7) is 4.04. The Bertz CT molecular complexity index is 361. The zero-order valence-corrected chi connectivity index (χ0v) is 11.8. The van der Waals surface area contributed by atoms with Crippen LogP contribution in [0.15, 0.2) is 24.3 Å². The van der Waals surface area contributed by atoms with E-state index in [0.717, 1.165) is 6.42 Å². The van der Waals surface area contributed by atoms with E-state index in [9.17, 15) is 4.39 Å². The Labute approximate surface area is 110 Å². The number of hydrogen-bond donors (Lipinski definition) is 1. The molecule has 1 saturated heterocycles. The van der Waals surface area contributed by atoms with Crippen LogP contribution >= 0.6 is 22.6 Å². The van der Waals surface area contributed by atoms with Gasteiger partial charge in [-0.25, -0.2) is 0 Å². The number of rotatable bonds is 2. The molecule has 0 saturated carbocycles. The lowest BCUT2D eigenvalue weighted by Gasteiger charge is -2.20. The first-order valence-corrected chi connectivity index (χ1v) is 6.69. The van der Waals surface area contributed by atoms with Gasteiger partial charge in [0.25, 0.3) is 0 Å². The lowest BCUT2D eigenvalue weighted by molar-refractivity contribution is 0.332. The second-order valence-corrected chi connectivity index (χ2v) is 6.42. The third kappa shape index (κ3) is 2.56. The minimum Gasteiger partial charge on any atom is -0.305 e. The summed E-state index contributed by atoms with van der Waals surface area (Å²) in [4.78, 5) is 0. The molecule has 1 aromatic carbocycles. The molecule has 1 nitrogen and oxygen atoms in total. The molecule has 0 bridgehead atoms. The minimum atomic E-state index is -0.243. The molecule has 16 heavy (non-hydrogen) atoms. The summed E-state index contributed by atoms with van der Waals surface area (Å²) in [6, 6.07) is 8.53. The molecular formula is C13H17FIN. The number of halogens is 2. The zero-order chi connectivity index (χ0) is 11.8. The zero-order valence-electron chi connectivity index (χ0n) is 9.63. The molecular weight excluding hydrogens is 316 g/mol. The third-order valence-electron chi connectivity index (χ3n) is 3.22. The van der Waals surface area contributed by atoms with E-state index < -0.39 is 0 Å². The molecule has 1 aliphatic heterocycles. The highest BCUT2D eigenvalue weighted by Crippen LogP contribution is 2.38. The highest BCUT2D eigenvalue weighted by atomic mass is 127. The number of nitrogens with one attached hydrogen (secondary N) is 1. The van der Waals surface area contributed by atoms with Crippen molar-refractivity contribution in [1.29, 1.82) is 0 Å². The largest absolute Gasteiger partial charge is 0.305 e. The molecule has 1 aliphatic rings. The molecule has 1 aromatic rings.